The van der Waals surface area contributed by atoms with E-state index in [0.717, 1.165) is 0 Å². The summed E-state index contributed by atoms with van der Waals surface area (Å²) < 4.78 is 4.84. The van der Waals surface area contributed by atoms with Crippen molar-refractivity contribution in [2.24, 2.45) is 0 Å². The Balaban J connectivity index is 0.000000165. The lowest BCUT2D eigenvalue weighted by Gasteiger charge is -1.97. The van der Waals surface area contributed by atoms with E-state index in [1.54, 1.807) is 50.1 Å². The number of phenolic OH excluding ortho intramolecular Hbond substituents is 1. The van der Waals surface area contributed by atoms with E-state index in [9.17, 15) is 0 Å². The summed E-state index contributed by atoms with van der Waals surface area (Å²) in [5.74, 6) is 0.907. The number of methoxy groups -OCH3 is 1. The van der Waals surface area contributed by atoms with Gasteiger partial charge in [0.1, 0.15) is 11.5 Å². The van der Waals surface area contributed by atoms with Gasteiger partial charge < -0.3 is 14.8 Å². The van der Waals surface area contributed by atoms with Gasteiger partial charge in [-0.1, -0.05) is 6.07 Å². The highest BCUT2D eigenvalue weighted by atomic mass is 16.5. The van der Waals surface area contributed by atoms with E-state index in [-0.39, 0.29) is 5.75 Å². The van der Waals surface area contributed by atoms with E-state index in [0.29, 0.717) is 5.75 Å². The molecule has 0 atom stereocenters. The van der Waals surface area contributed by atoms with Crippen LogP contribution in [0.1, 0.15) is 0 Å². The Morgan fingerprint density at radius 1 is 1.43 bits per heavy atom. The topological polar surface area (TPSA) is 58.1 Å². The van der Waals surface area contributed by atoms with E-state index in [4.69, 9.17) is 9.84 Å². The van der Waals surface area contributed by atoms with Crippen LogP contribution >= 0.6 is 0 Å². The van der Waals surface area contributed by atoms with Gasteiger partial charge in [-0.25, -0.2) is 4.98 Å². The minimum Gasteiger partial charge on any atom is -0.508 e. The molecule has 4 nitrogen and oxygen atoms in total. The summed E-state index contributed by atoms with van der Waals surface area (Å²) in [5, 5.41) is 8.86. The third-order valence-electron chi connectivity index (χ3n) is 1.46. The molecule has 0 amide bonds. The van der Waals surface area contributed by atoms with Crippen LogP contribution in [0.5, 0.6) is 11.5 Å². The quantitative estimate of drug-likeness (QED) is 0.724. The standard InChI is InChI=1S/C7H8O2.C3H4N2/c1-9-7-4-2-3-6(8)5-7;1-2-5-3-4-1/h2-5,8H,1H3;1-3H,(H,4,5). The van der Waals surface area contributed by atoms with E-state index < -0.39 is 0 Å². The Kier molecular flexibility index (Phi) is 4.07. The highest BCUT2D eigenvalue weighted by Crippen LogP contribution is 2.16. The second-order valence-corrected chi connectivity index (χ2v) is 2.46. The van der Waals surface area contributed by atoms with Crippen molar-refractivity contribution in [1.82, 2.24) is 9.97 Å². The van der Waals surface area contributed by atoms with Crippen molar-refractivity contribution in [1.29, 1.82) is 0 Å². The minimum atomic E-state index is 0.231. The van der Waals surface area contributed by atoms with E-state index in [1.807, 2.05) is 0 Å². The zero-order chi connectivity index (χ0) is 10.2. The normalized spacial score (nSPS) is 8.64. The van der Waals surface area contributed by atoms with Gasteiger partial charge in [-0.2, -0.15) is 0 Å². The SMILES string of the molecule is COc1cccc(O)c1.c1c[nH]cn1. The molecule has 0 radical (unpaired) electrons. The molecule has 2 rings (SSSR count). The molecule has 1 heterocycles. The molecular weight excluding hydrogens is 180 g/mol. The molecule has 0 spiro atoms. The molecular formula is C10H12N2O2. The molecule has 1 aromatic carbocycles. The van der Waals surface area contributed by atoms with Crippen molar-refractivity contribution >= 4 is 0 Å². The maximum absolute atomic E-state index is 8.86. The van der Waals surface area contributed by atoms with Crippen molar-refractivity contribution in [3.8, 4) is 11.5 Å². The molecule has 0 bridgehead atoms. The fraction of sp³-hybridized carbons (Fsp3) is 0.100. The number of nitrogens with one attached hydrogen (secondary N) is 1. The summed E-state index contributed by atoms with van der Waals surface area (Å²) in [4.78, 5) is 6.42. The van der Waals surface area contributed by atoms with Gasteiger partial charge in [0.25, 0.3) is 0 Å². The van der Waals surface area contributed by atoms with Crippen LogP contribution in [0, 0.1) is 0 Å². The molecule has 2 aromatic rings. The Bertz CT molecular complexity index is 330. The maximum atomic E-state index is 8.86. The predicted octanol–water partition coefficient (Wildman–Crippen LogP) is 1.81. The van der Waals surface area contributed by atoms with Crippen molar-refractivity contribution in [2.75, 3.05) is 7.11 Å². The first kappa shape index (κ1) is 10.1. The number of hydrogen-bond acceptors (Lipinski definition) is 3. The number of aromatic nitrogens is 2. The number of H-pyrrole nitrogens is 1. The van der Waals surface area contributed by atoms with Gasteiger partial charge in [-0.05, 0) is 12.1 Å². The average molecular weight is 192 g/mol. The molecule has 0 aliphatic heterocycles. The summed E-state index contributed by atoms with van der Waals surface area (Å²) in [6.07, 6.45) is 5.08. The van der Waals surface area contributed by atoms with Crippen LogP contribution < -0.4 is 4.74 Å². The van der Waals surface area contributed by atoms with Gasteiger partial charge in [-0.3, -0.25) is 0 Å². The zero-order valence-corrected chi connectivity index (χ0v) is 7.84. The van der Waals surface area contributed by atoms with Crippen LogP contribution in [0.2, 0.25) is 0 Å². The number of aromatic hydroxyl groups is 1. The van der Waals surface area contributed by atoms with Gasteiger partial charge in [0.2, 0.25) is 0 Å². The third kappa shape index (κ3) is 3.62. The second-order valence-electron chi connectivity index (χ2n) is 2.46. The van der Waals surface area contributed by atoms with Crippen LogP contribution in [0.15, 0.2) is 43.0 Å². The summed E-state index contributed by atoms with van der Waals surface area (Å²) in [6.45, 7) is 0. The molecule has 14 heavy (non-hydrogen) atoms. The molecule has 74 valence electrons. The summed E-state index contributed by atoms with van der Waals surface area (Å²) in [6, 6.07) is 6.66. The molecule has 0 aliphatic carbocycles. The number of benzene rings is 1. The summed E-state index contributed by atoms with van der Waals surface area (Å²) >= 11 is 0. The number of ether oxygens (including phenoxy) is 1. The van der Waals surface area contributed by atoms with E-state index >= 15 is 0 Å². The number of imidazole rings is 1. The molecule has 0 aliphatic rings. The van der Waals surface area contributed by atoms with E-state index in [2.05, 4.69) is 9.97 Å². The Morgan fingerprint density at radius 2 is 2.29 bits per heavy atom. The van der Waals surface area contributed by atoms with Crippen LogP contribution in [0.3, 0.4) is 0 Å². The number of nitrogens with zero attached hydrogens (tertiary/aromatic N) is 1. The number of phenols is 1. The van der Waals surface area contributed by atoms with Crippen molar-refractivity contribution in [3.63, 3.8) is 0 Å². The molecule has 4 heteroatoms. The molecule has 0 saturated carbocycles. The smallest absolute Gasteiger partial charge is 0.122 e. The van der Waals surface area contributed by atoms with Crippen molar-refractivity contribution in [2.45, 2.75) is 0 Å². The Labute approximate surface area is 82.2 Å². The van der Waals surface area contributed by atoms with Crippen LogP contribution in [-0.2, 0) is 0 Å². The molecule has 2 N–H and O–H groups in total. The fourth-order valence-corrected chi connectivity index (χ4v) is 0.826. The molecule has 1 aromatic heterocycles. The fourth-order valence-electron chi connectivity index (χ4n) is 0.826. The largest absolute Gasteiger partial charge is 0.508 e. The monoisotopic (exact) mass is 192 g/mol. The van der Waals surface area contributed by atoms with Gasteiger partial charge in [0.15, 0.2) is 0 Å². The first-order chi connectivity index (χ1) is 6.83. The third-order valence-corrected chi connectivity index (χ3v) is 1.46. The van der Waals surface area contributed by atoms with Gasteiger partial charge >= 0.3 is 0 Å². The van der Waals surface area contributed by atoms with Crippen LogP contribution in [0.25, 0.3) is 0 Å². The maximum Gasteiger partial charge on any atom is 0.122 e. The summed E-state index contributed by atoms with van der Waals surface area (Å²) in [7, 11) is 1.56. The van der Waals surface area contributed by atoms with Crippen molar-refractivity contribution in [3.05, 3.63) is 43.0 Å². The van der Waals surface area contributed by atoms with Crippen LogP contribution in [-0.4, -0.2) is 22.2 Å². The highest BCUT2D eigenvalue weighted by molar-refractivity contribution is 5.31. The van der Waals surface area contributed by atoms with Crippen molar-refractivity contribution < 1.29 is 9.84 Å². The predicted molar refractivity (Wildman–Crippen MR) is 53.2 cm³/mol. The first-order valence-corrected chi connectivity index (χ1v) is 4.08. The second kappa shape index (κ2) is 5.64. The van der Waals surface area contributed by atoms with E-state index in [1.165, 1.54) is 0 Å². The zero-order valence-electron chi connectivity index (χ0n) is 7.84. The van der Waals surface area contributed by atoms with Gasteiger partial charge in [0.05, 0.1) is 13.4 Å². The first-order valence-electron chi connectivity index (χ1n) is 4.08. The van der Waals surface area contributed by atoms with Gasteiger partial charge in [0, 0.05) is 18.5 Å². The number of rotatable bonds is 1. The van der Waals surface area contributed by atoms with Crippen LogP contribution in [0.4, 0.5) is 0 Å². The molecule has 0 fully saturated rings. The van der Waals surface area contributed by atoms with Gasteiger partial charge in [-0.15, -0.1) is 0 Å². The highest BCUT2D eigenvalue weighted by Gasteiger charge is 1.88. The molecule has 0 unspecified atom stereocenters. The Hall–Kier alpha value is -1.97. The summed E-state index contributed by atoms with van der Waals surface area (Å²) in [5.41, 5.74) is 0. The lowest BCUT2D eigenvalue weighted by atomic mass is 10.3. The molecule has 0 saturated heterocycles. The Morgan fingerprint density at radius 3 is 2.64 bits per heavy atom. The number of hydrogen-bond donors (Lipinski definition) is 2. The number of aromatic amines is 1. The minimum absolute atomic E-state index is 0.231. The lowest BCUT2D eigenvalue weighted by Crippen LogP contribution is -1.79. The average Bonchev–Trinajstić information content (AvgIpc) is 2.75. The lowest BCUT2D eigenvalue weighted by molar-refractivity contribution is 0.407.